The molecule has 7 heteroatoms. The zero-order valence-corrected chi connectivity index (χ0v) is 15.9. The molecule has 4 heterocycles. The van der Waals surface area contributed by atoms with Crippen molar-refractivity contribution in [1.82, 2.24) is 25.1 Å². The van der Waals surface area contributed by atoms with E-state index >= 15 is 0 Å². The summed E-state index contributed by atoms with van der Waals surface area (Å²) in [6.45, 7) is 5.12. The third kappa shape index (κ3) is 2.93. The predicted molar refractivity (Wildman–Crippen MR) is 111 cm³/mol. The van der Waals surface area contributed by atoms with Crippen molar-refractivity contribution < 1.29 is 5.11 Å². The molecule has 28 heavy (non-hydrogen) atoms. The van der Waals surface area contributed by atoms with Gasteiger partial charge < -0.3 is 15.3 Å². The number of fused-ring (bicyclic) bond motifs is 2. The maximum atomic E-state index is 10.5. The van der Waals surface area contributed by atoms with E-state index in [1.54, 1.807) is 10.7 Å². The molecule has 1 aliphatic rings. The highest BCUT2D eigenvalue weighted by molar-refractivity contribution is 5.89. The number of aromatic nitrogens is 4. The molecule has 0 aliphatic carbocycles. The molecule has 0 spiro atoms. The van der Waals surface area contributed by atoms with Crippen LogP contribution >= 0.6 is 0 Å². The fourth-order valence-electron chi connectivity index (χ4n) is 3.88. The average molecular weight is 374 g/mol. The minimum atomic E-state index is 0.171. The lowest BCUT2D eigenvalue weighted by Crippen LogP contribution is -2.49. The first kappa shape index (κ1) is 16.9. The van der Waals surface area contributed by atoms with Crippen LogP contribution in [-0.2, 0) is 7.05 Å². The molecule has 7 nitrogen and oxygen atoms in total. The van der Waals surface area contributed by atoms with E-state index in [1.165, 1.54) is 0 Å². The van der Waals surface area contributed by atoms with E-state index < -0.39 is 0 Å². The van der Waals surface area contributed by atoms with Gasteiger partial charge in [-0.2, -0.15) is 5.10 Å². The van der Waals surface area contributed by atoms with Crippen LogP contribution in [0.15, 0.2) is 42.7 Å². The molecule has 0 radical (unpaired) electrons. The SMILES string of the molecule is CC1CN(c2cnc3nc(-c4cc5cn(C)nc5cc4O)ccc3c2)CCN1. The average Bonchev–Trinajstić information content (AvgIpc) is 3.05. The van der Waals surface area contributed by atoms with Crippen LogP contribution in [0.2, 0.25) is 0 Å². The summed E-state index contributed by atoms with van der Waals surface area (Å²) in [5.74, 6) is 0.171. The number of hydrogen-bond donors (Lipinski definition) is 2. The van der Waals surface area contributed by atoms with Crippen LogP contribution < -0.4 is 10.2 Å². The van der Waals surface area contributed by atoms with Crippen LogP contribution in [0.5, 0.6) is 5.75 Å². The Morgan fingerprint density at radius 1 is 1.18 bits per heavy atom. The number of aryl methyl sites for hydroxylation is 1. The van der Waals surface area contributed by atoms with Crippen molar-refractivity contribution in [3.8, 4) is 17.0 Å². The normalized spacial score (nSPS) is 17.5. The summed E-state index contributed by atoms with van der Waals surface area (Å²) >= 11 is 0. The van der Waals surface area contributed by atoms with Gasteiger partial charge in [-0.1, -0.05) is 0 Å². The number of nitrogens with one attached hydrogen (secondary N) is 1. The third-order valence-corrected chi connectivity index (χ3v) is 5.27. The van der Waals surface area contributed by atoms with Gasteiger partial charge in [-0.25, -0.2) is 9.97 Å². The molecule has 2 N–H and O–H groups in total. The molecular weight excluding hydrogens is 352 g/mol. The van der Waals surface area contributed by atoms with E-state index in [0.29, 0.717) is 22.9 Å². The maximum absolute atomic E-state index is 10.5. The number of benzene rings is 1. The molecule has 4 aromatic rings. The van der Waals surface area contributed by atoms with Gasteiger partial charge in [-0.15, -0.1) is 0 Å². The summed E-state index contributed by atoms with van der Waals surface area (Å²) in [5, 5.41) is 20.2. The fourth-order valence-corrected chi connectivity index (χ4v) is 3.88. The molecule has 5 rings (SSSR count). The number of aromatic hydroxyl groups is 1. The Morgan fingerprint density at radius 2 is 2.07 bits per heavy atom. The molecule has 3 aromatic heterocycles. The van der Waals surface area contributed by atoms with Gasteiger partial charge in [0.15, 0.2) is 5.65 Å². The van der Waals surface area contributed by atoms with E-state index in [1.807, 2.05) is 37.6 Å². The first-order valence-electron chi connectivity index (χ1n) is 9.49. The van der Waals surface area contributed by atoms with Crippen LogP contribution in [-0.4, -0.2) is 50.5 Å². The molecule has 0 saturated carbocycles. The lowest BCUT2D eigenvalue weighted by Gasteiger charge is -2.33. The second-order valence-electron chi connectivity index (χ2n) is 7.47. The number of rotatable bonds is 2. The van der Waals surface area contributed by atoms with Gasteiger partial charge in [-0.05, 0) is 31.2 Å². The van der Waals surface area contributed by atoms with E-state index in [2.05, 4.69) is 33.3 Å². The van der Waals surface area contributed by atoms with Gasteiger partial charge in [-0.3, -0.25) is 4.68 Å². The number of phenols is 1. The fraction of sp³-hybridized carbons (Fsp3) is 0.286. The van der Waals surface area contributed by atoms with Crippen molar-refractivity contribution >= 4 is 27.6 Å². The molecule has 1 fully saturated rings. The largest absolute Gasteiger partial charge is 0.507 e. The number of piperazine rings is 1. The summed E-state index contributed by atoms with van der Waals surface area (Å²) in [7, 11) is 1.87. The van der Waals surface area contributed by atoms with Crippen molar-refractivity contribution in [3.63, 3.8) is 0 Å². The lowest BCUT2D eigenvalue weighted by molar-refractivity contribution is 0.478. The highest BCUT2D eigenvalue weighted by atomic mass is 16.3. The van der Waals surface area contributed by atoms with Gasteiger partial charge in [0.05, 0.1) is 23.1 Å². The Balaban J connectivity index is 1.53. The molecule has 0 amide bonds. The molecule has 1 atom stereocenters. The van der Waals surface area contributed by atoms with E-state index in [0.717, 1.165) is 41.6 Å². The van der Waals surface area contributed by atoms with Gasteiger partial charge in [0.1, 0.15) is 5.75 Å². The number of phenolic OH excluding ortho intramolecular Hbond substituents is 1. The first-order chi connectivity index (χ1) is 13.6. The Kier molecular flexibility index (Phi) is 3.91. The summed E-state index contributed by atoms with van der Waals surface area (Å²) < 4.78 is 1.74. The minimum absolute atomic E-state index is 0.171. The molecule has 142 valence electrons. The van der Waals surface area contributed by atoms with Gasteiger partial charge >= 0.3 is 0 Å². The quantitative estimate of drug-likeness (QED) is 0.562. The molecule has 1 aliphatic heterocycles. The van der Waals surface area contributed by atoms with Crippen LogP contribution in [0.1, 0.15) is 6.92 Å². The van der Waals surface area contributed by atoms with Gasteiger partial charge in [0.2, 0.25) is 0 Å². The highest BCUT2D eigenvalue weighted by Gasteiger charge is 2.17. The van der Waals surface area contributed by atoms with Crippen molar-refractivity contribution in [2.75, 3.05) is 24.5 Å². The Morgan fingerprint density at radius 3 is 2.93 bits per heavy atom. The van der Waals surface area contributed by atoms with E-state index in [9.17, 15) is 5.11 Å². The molecular formula is C21H22N6O. The van der Waals surface area contributed by atoms with Crippen molar-refractivity contribution in [3.05, 3.63) is 42.7 Å². The van der Waals surface area contributed by atoms with Crippen LogP contribution in [0.4, 0.5) is 5.69 Å². The van der Waals surface area contributed by atoms with Crippen molar-refractivity contribution in [1.29, 1.82) is 0 Å². The molecule has 1 aromatic carbocycles. The van der Waals surface area contributed by atoms with Crippen LogP contribution in [0.3, 0.4) is 0 Å². The number of pyridine rings is 2. The molecule has 0 bridgehead atoms. The summed E-state index contributed by atoms with van der Waals surface area (Å²) in [6, 6.07) is 10.2. The summed E-state index contributed by atoms with van der Waals surface area (Å²) in [4.78, 5) is 11.6. The zero-order chi connectivity index (χ0) is 19.3. The zero-order valence-electron chi connectivity index (χ0n) is 15.9. The molecule has 1 unspecified atom stereocenters. The summed E-state index contributed by atoms with van der Waals surface area (Å²) in [5.41, 5.74) is 3.94. The Labute approximate surface area is 162 Å². The Bertz CT molecular complexity index is 1180. The van der Waals surface area contributed by atoms with E-state index in [-0.39, 0.29) is 5.75 Å². The summed E-state index contributed by atoms with van der Waals surface area (Å²) in [6.07, 6.45) is 3.82. The number of anilines is 1. The highest BCUT2D eigenvalue weighted by Crippen LogP contribution is 2.33. The van der Waals surface area contributed by atoms with E-state index in [4.69, 9.17) is 4.98 Å². The monoisotopic (exact) mass is 374 g/mol. The van der Waals surface area contributed by atoms with Crippen LogP contribution in [0.25, 0.3) is 33.2 Å². The van der Waals surface area contributed by atoms with Crippen molar-refractivity contribution in [2.24, 2.45) is 7.05 Å². The predicted octanol–water partition coefficient (Wildman–Crippen LogP) is 2.69. The molecule has 1 saturated heterocycles. The number of nitrogens with zero attached hydrogens (tertiary/aromatic N) is 5. The Hall–Kier alpha value is -3.19. The maximum Gasteiger partial charge on any atom is 0.159 e. The lowest BCUT2D eigenvalue weighted by atomic mass is 10.1. The standard InChI is InChI=1S/C21H22N6O/c1-13-11-27(6-5-22-13)16-7-14-3-4-18(24-21(14)23-10-16)17-8-15-12-26(2)25-19(15)9-20(17)28/h3-4,7-10,12-13,22,28H,5-6,11H2,1-2H3. The van der Waals surface area contributed by atoms with Gasteiger partial charge in [0.25, 0.3) is 0 Å². The number of hydrogen-bond acceptors (Lipinski definition) is 6. The smallest absolute Gasteiger partial charge is 0.159 e. The van der Waals surface area contributed by atoms with Gasteiger partial charge in [0, 0.05) is 61.3 Å². The second kappa shape index (κ2) is 6.45. The third-order valence-electron chi connectivity index (χ3n) is 5.27. The first-order valence-corrected chi connectivity index (χ1v) is 9.49. The van der Waals surface area contributed by atoms with Crippen LogP contribution in [0, 0.1) is 0 Å². The topological polar surface area (TPSA) is 79.1 Å². The van der Waals surface area contributed by atoms with Crippen molar-refractivity contribution in [2.45, 2.75) is 13.0 Å². The second-order valence-corrected chi connectivity index (χ2v) is 7.47. The minimum Gasteiger partial charge on any atom is -0.507 e.